The zero-order valence-corrected chi connectivity index (χ0v) is 10.7. The Balaban J connectivity index is 2.63. The Labute approximate surface area is 105 Å². The quantitative estimate of drug-likeness (QED) is 0.802. The number of ether oxygens (including phenoxy) is 1. The van der Waals surface area contributed by atoms with Crippen molar-refractivity contribution in [2.45, 2.75) is 33.3 Å². The van der Waals surface area contributed by atoms with Crippen molar-refractivity contribution in [2.24, 2.45) is 0 Å². The molecule has 2 rings (SSSR count). The molecule has 1 heterocycles. The molecule has 1 aromatic carbocycles. The topological polar surface area (TPSA) is 75.6 Å². The molecule has 0 atom stereocenters. The van der Waals surface area contributed by atoms with Crippen LogP contribution in [0.25, 0.3) is 0 Å². The van der Waals surface area contributed by atoms with Gasteiger partial charge in [-0.3, -0.25) is 10.1 Å². The van der Waals surface area contributed by atoms with E-state index in [4.69, 9.17) is 9.84 Å². The molecule has 18 heavy (non-hydrogen) atoms. The molecule has 96 valence electrons. The van der Waals surface area contributed by atoms with Crippen molar-refractivity contribution in [1.82, 2.24) is 0 Å². The van der Waals surface area contributed by atoms with Crippen molar-refractivity contribution in [1.29, 1.82) is 0 Å². The van der Waals surface area contributed by atoms with E-state index < -0.39 is 11.7 Å². The first-order valence-corrected chi connectivity index (χ1v) is 5.62. The molecule has 2 N–H and O–H groups in total. The molecule has 0 bridgehead atoms. The lowest BCUT2D eigenvalue weighted by Crippen LogP contribution is -2.32. The summed E-state index contributed by atoms with van der Waals surface area (Å²) in [6.45, 7) is 6.92. The van der Waals surface area contributed by atoms with Crippen molar-refractivity contribution in [2.75, 3.05) is 5.32 Å². The predicted molar refractivity (Wildman–Crippen MR) is 66.6 cm³/mol. The van der Waals surface area contributed by atoms with E-state index in [1.807, 2.05) is 0 Å². The Morgan fingerprint density at radius 3 is 2.56 bits per heavy atom. The van der Waals surface area contributed by atoms with Crippen LogP contribution >= 0.6 is 0 Å². The van der Waals surface area contributed by atoms with E-state index in [1.54, 1.807) is 33.8 Å². The Morgan fingerprint density at radius 1 is 1.39 bits per heavy atom. The van der Waals surface area contributed by atoms with E-state index in [0.717, 1.165) is 5.56 Å². The molecule has 1 amide bonds. The standard InChI is InChI=1S/C13H15NO4/c1-6-5-8(14-12(16)17)7(2)9-10(6)18-13(3,4)11(9)15/h5,14H,1-4H3,(H,16,17). The van der Waals surface area contributed by atoms with Gasteiger partial charge in [0.05, 0.1) is 5.56 Å². The summed E-state index contributed by atoms with van der Waals surface area (Å²) in [5, 5.41) is 11.1. The molecule has 1 aliphatic heterocycles. The molecule has 1 aromatic rings. The van der Waals surface area contributed by atoms with E-state index in [2.05, 4.69) is 5.32 Å². The minimum Gasteiger partial charge on any atom is -0.479 e. The van der Waals surface area contributed by atoms with Crippen molar-refractivity contribution in [3.8, 4) is 5.75 Å². The summed E-state index contributed by atoms with van der Waals surface area (Å²) in [6.07, 6.45) is -1.15. The third-order valence-electron chi connectivity index (χ3n) is 3.10. The summed E-state index contributed by atoms with van der Waals surface area (Å²) >= 11 is 0. The number of benzene rings is 1. The smallest absolute Gasteiger partial charge is 0.409 e. The molecular weight excluding hydrogens is 234 g/mol. The lowest BCUT2D eigenvalue weighted by molar-refractivity contribution is 0.0683. The number of hydrogen-bond acceptors (Lipinski definition) is 3. The van der Waals surface area contributed by atoms with E-state index in [9.17, 15) is 9.59 Å². The number of carbonyl (C=O) groups excluding carboxylic acids is 1. The fourth-order valence-electron chi connectivity index (χ4n) is 2.14. The van der Waals surface area contributed by atoms with Gasteiger partial charge in [-0.1, -0.05) is 0 Å². The maximum atomic E-state index is 12.2. The Kier molecular flexibility index (Phi) is 2.57. The highest BCUT2D eigenvalue weighted by atomic mass is 16.5. The summed E-state index contributed by atoms with van der Waals surface area (Å²) in [5.74, 6) is 0.436. The van der Waals surface area contributed by atoms with Gasteiger partial charge in [-0.2, -0.15) is 0 Å². The zero-order chi connectivity index (χ0) is 13.7. The number of rotatable bonds is 1. The van der Waals surface area contributed by atoms with Crippen LogP contribution in [0.5, 0.6) is 5.75 Å². The molecule has 1 aliphatic rings. The fraction of sp³-hybridized carbons (Fsp3) is 0.385. The van der Waals surface area contributed by atoms with Crippen molar-refractivity contribution >= 4 is 17.6 Å². The van der Waals surface area contributed by atoms with Crippen LogP contribution in [-0.4, -0.2) is 22.6 Å². The Morgan fingerprint density at radius 2 is 2.00 bits per heavy atom. The predicted octanol–water partition coefficient (Wildman–Crippen LogP) is 2.75. The highest BCUT2D eigenvalue weighted by Crippen LogP contribution is 2.41. The minimum atomic E-state index is -1.15. The highest BCUT2D eigenvalue weighted by Gasteiger charge is 2.42. The Bertz CT molecular complexity index is 561. The van der Waals surface area contributed by atoms with Crippen LogP contribution in [0.2, 0.25) is 0 Å². The van der Waals surface area contributed by atoms with Gasteiger partial charge in [0.1, 0.15) is 5.75 Å². The lowest BCUT2D eigenvalue weighted by Gasteiger charge is -2.15. The minimum absolute atomic E-state index is 0.118. The molecule has 0 fully saturated rings. The first-order chi connectivity index (χ1) is 8.24. The number of nitrogens with one attached hydrogen (secondary N) is 1. The van der Waals surface area contributed by atoms with E-state index in [-0.39, 0.29) is 5.78 Å². The summed E-state index contributed by atoms with van der Waals surface area (Å²) in [5.41, 5.74) is 1.36. The zero-order valence-electron chi connectivity index (χ0n) is 10.7. The molecule has 0 spiro atoms. The van der Waals surface area contributed by atoms with Crippen LogP contribution in [-0.2, 0) is 0 Å². The average Bonchev–Trinajstić information content (AvgIpc) is 2.47. The van der Waals surface area contributed by atoms with Crippen LogP contribution in [0.15, 0.2) is 6.07 Å². The second-order valence-corrected chi connectivity index (χ2v) is 4.94. The summed E-state index contributed by atoms with van der Waals surface area (Å²) in [7, 11) is 0. The van der Waals surface area contributed by atoms with Crippen LogP contribution in [0.1, 0.15) is 35.3 Å². The highest BCUT2D eigenvalue weighted by molar-refractivity contribution is 6.10. The van der Waals surface area contributed by atoms with Gasteiger partial charge in [0, 0.05) is 5.69 Å². The molecule has 5 nitrogen and oxygen atoms in total. The first-order valence-electron chi connectivity index (χ1n) is 5.62. The maximum Gasteiger partial charge on any atom is 0.409 e. The molecule has 0 aromatic heterocycles. The fourth-order valence-corrected chi connectivity index (χ4v) is 2.14. The largest absolute Gasteiger partial charge is 0.479 e. The van der Waals surface area contributed by atoms with Crippen molar-refractivity contribution in [3.05, 3.63) is 22.8 Å². The number of Topliss-reactive ketones (excluding diaryl/α,β-unsaturated/α-hetero) is 1. The molecule has 0 radical (unpaired) electrons. The number of fused-ring (bicyclic) bond motifs is 1. The van der Waals surface area contributed by atoms with Gasteiger partial charge >= 0.3 is 6.09 Å². The summed E-state index contributed by atoms with van der Waals surface area (Å²) in [4.78, 5) is 22.9. The van der Waals surface area contributed by atoms with Gasteiger partial charge in [0.25, 0.3) is 0 Å². The van der Waals surface area contributed by atoms with E-state index in [0.29, 0.717) is 22.6 Å². The third-order valence-corrected chi connectivity index (χ3v) is 3.10. The number of carboxylic acid groups (broad SMARTS) is 1. The van der Waals surface area contributed by atoms with E-state index in [1.165, 1.54) is 0 Å². The second-order valence-electron chi connectivity index (χ2n) is 4.94. The van der Waals surface area contributed by atoms with Crippen molar-refractivity contribution in [3.63, 3.8) is 0 Å². The van der Waals surface area contributed by atoms with Crippen LogP contribution in [0.4, 0.5) is 10.5 Å². The number of anilines is 1. The second kappa shape index (κ2) is 3.73. The van der Waals surface area contributed by atoms with Gasteiger partial charge in [0.2, 0.25) is 5.78 Å². The summed E-state index contributed by atoms with van der Waals surface area (Å²) in [6, 6.07) is 1.68. The van der Waals surface area contributed by atoms with Crippen LogP contribution in [0.3, 0.4) is 0 Å². The lowest BCUT2D eigenvalue weighted by atomic mass is 9.94. The number of hydrogen-bond donors (Lipinski definition) is 2. The molecule has 0 aliphatic carbocycles. The molecular formula is C13H15NO4. The first kappa shape index (κ1) is 12.4. The van der Waals surface area contributed by atoms with Gasteiger partial charge in [-0.05, 0) is 44.9 Å². The molecule has 0 saturated heterocycles. The number of amides is 1. The SMILES string of the molecule is Cc1cc(NC(=O)O)c(C)c2c1OC(C)(C)C2=O. The normalized spacial score (nSPS) is 16.1. The van der Waals surface area contributed by atoms with Gasteiger partial charge in [-0.15, -0.1) is 0 Å². The monoisotopic (exact) mass is 249 g/mol. The third kappa shape index (κ3) is 1.72. The van der Waals surface area contributed by atoms with Gasteiger partial charge < -0.3 is 9.84 Å². The van der Waals surface area contributed by atoms with E-state index >= 15 is 0 Å². The molecule has 0 saturated carbocycles. The van der Waals surface area contributed by atoms with Crippen LogP contribution < -0.4 is 10.1 Å². The number of carbonyl (C=O) groups is 2. The Hall–Kier alpha value is -2.04. The number of ketones is 1. The molecule has 0 unspecified atom stereocenters. The van der Waals surface area contributed by atoms with Gasteiger partial charge in [0.15, 0.2) is 5.60 Å². The van der Waals surface area contributed by atoms with Crippen molar-refractivity contribution < 1.29 is 19.4 Å². The maximum absolute atomic E-state index is 12.2. The van der Waals surface area contributed by atoms with Gasteiger partial charge in [-0.25, -0.2) is 4.79 Å². The number of aryl methyl sites for hydroxylation is 1. The van der Waals surface area contributed by atoms with Crippen LogP contribution in [0, 0.1) is 13.8 Å². The molecule has 5 heteroatoms. The average molecular weight is 249 g/mol. The summed E-state index contributed by atoms with van der Waals surface area (Å²) < 4.78 is 5.65.